The zero-order valence-electron chi connectivity index (χ0n) is 16.1. The predicted octanol–water partition coefficient (Wildman–Crippen LogP) is 4.52. The fourth-order valence-corrected chi connectivity index (χ4v) is 5.12. The van der Waals surface area contributed by atoms with Crippen molar-refractivity contribution in [3.8, 4) is 11.5 Å². The topological polar surface area (TPSA) is 55.1 Å². The van der Waals surface area contributed by atoms with Crippen LogP contribution >= 0.6 is 0 Å². The van der Waals surface area contributed by atoms with Crippen LogP contribution in [-0.4, -0.2) is 16.9 Å². The number of fused-ring (bicyclic) bond motifs is 2. The van der Waals surface area contributed by atoms with Gasteiger partial charge in [-0.05, 0) is 55.1 Å². The minimum absolute atomic E-state index is 0.0515. The van der Waals surface area contributed by atoms with Gasteiger partial charge in [-0.25, -0.2) is 4.98 Å². The maximum atomic E-state index is 12.7. The van der Waals surface area contributed by atoms with Crippen molar-refractivity contribution >= 4 is 5.91 Å². The molecule has 1 aromatic heterocycles. The highest BCUT2D eigenvalue weighted by Crippen LogP contribution is 2.65. The van der Waals surface area contributed by atoms with E-state index in [0.717, 1.165) is 29.4 Å². The first kappa shape index (κ1) is 17.3. The minimum Gasteiger partial charge on any atom is -0.441 e. The minimum atomic E-state index is 0.0515. The van der Waals surface area contributed by atoms with Crippen LogP contribution in [0.15, 0.2) is 34.7 Å². The fourth-order valence-electron chi connectivity index (χ4n) is 5.12. The molecule has 1 N–H and O–H groups in total. The second-order valence-corrected chi connectivity index (χ2v) is 8.80. The lowest BCUT2D eigenvalue weighted by atomic mass is 9.69. The summed E-state index contributed by atoms with van der Waals surface area (Å²) in [5.74, 6) is 2.07. The van der Waals surface area contributed by atoms with E-state index in [-0.39, 0.29) is 23.8 Å². The molecular weight excluding hydrogens is 324 g/mol. The van der Waals surface area contributed by atoms with Crippen molar-refractivity contribution in [1.29, 1.82) is 0 Å². The van der Waals surface area contributed by atoms with Gasteiger partial charge in [-0.3, -0.25) is 4.79 Å². The van der Waals surface area contributed by atoms with Gasteiger partial charge in [-0.2, -0.15) is 0 Å². The highest BCUT2D eigenvalue weighted by molar-refractivity contribution is 5.79. The van der Waals surface area contributed by atoms with Crippen LogP contribution in [0.1, 0.15) is 51.5 Å². The maximum absolute atomic E-state index is 12.7. The number of amides is 1. The molecule has 1 aromatic carbocycles. The second-order valence-electron chi connectivity index (χ2n) is 8.80. The highest BCUT2D eigenvalue weighted by Gasteiger charge is 2.61. The van der Waals surface area contributed by atoms with Gasteiger partial charge >= 0.3 is 0 Å². The number of carbonyl (C=O) groups is 1. The van der Waals surface area contributed by atoms with Gasteiger partial charge < -0.3 is 9.73 Å². The molecule has 26 heavy (non-hydrogen) atoms. The third kappa shape index (κ3) is 2.58. The van der Waals surface area contributed by atoms with E-state index in [4.69, 9.17) is 4.42 Å². The molecule has 2 saturated carbocycles. The lowest BCUT2D eigenvalue weighted by molar-refractivity contribution is -0.122. The van der Waals surface area contributed by atoms with E-state index in [0.29, 0.717) is 11.3 Å². The molecule has 2 aliphatic carbocycles. The fraction of sp³-hybridized carbons (Fsp3) is 0.545. The molecule has 4 rings (SSSR count). The van der Waals surface area contributed by atoms with Crippen molar-refractivity contribution in [1.82, 2.24) is 10.3 Å². The molecule has 2 bridgehead atoms. The Morgan fingerprint density at radius 1 is 1.27 bits per heavy atom. The SMILES string of the molecule is Cc1oc(-c2ccccc2)nc1CC(=O)NC1CC2CCC1(C)C2(C)C. The molecule has 2 fully saturated rings. The van der Waals surface area contributed by atoms with Crippen molar-refractivity contribution in [3.05, 3.63) is 41.8 Å². The number of aromatic nitrogens is 1. The van der Waals surface area contributed by atoms with Gasteiger partial charge in [-0.1, -0.05) is 39.0 Å². The monoisotopic (exact) mass is 352 g/mol. The molecular formula is C22H28N2O2. The average Bonchev–Trinajstić information content (AvgIpc) is 3.14. The Kier molecular flexibility index (Phi) is 3.98. The average molecular weight is 352 g/mol. The van der Waals surface area contributed by atoms with Crippen molar-refractivity contribution in [3.63, 3.8) is 0 Å². The summed E-state index contributed by atoms with van der Waals surface area (Å²) in [6.07, 6.45) is 3.87. The van der Waals surface area contributed by atoms with Gasteiger partial charge in [0.05, 0.1) is 12.1 Å². The molecule has 4 heteroatoms. The number of benzene rings is 1. The van der Waals surface area contributed by atoms with Crippen LogP contribution in [0, 0.1) is 23.7 Å². The number of hydrogen-bond acceptors (Lipinski definition) is 3. The number of nitrogens with zero attached hydrogens (tertiary/aromatic N) is 1. The third-order valence-corrected chi connectivity index (χ3v) is 7.37. The normalized spacial score (nSPS) is 29.1. The molecule has 0 radical (unpaired) electrons. The van der Waals surface area contributed by atoms with Gasteiger partial charge in [0.15, 0.2) is 0 Å². The van der Waals surface area contributed by atoms with Crippen molar-refractivity contribution in [2.75, 3.05) is 0 Å². The molecule has 3 unspecified atom stereocenters. The van der Waals surface area contributed by atoms with Gasteiger partial charge in [0, 0.05) is 11.6 Å². The first-order valence-corrected chi connectivity index (χ1v) is 9.62. The molecule has 4 nitrogen and oxygen atoms in total. The summed E-state index contributed by atoms with van der Waals surface area (Å²) in [5, 5.41) is 3.31. The summed E-state index contributed by atoms with van der Waals surface area (Å²) in [6.45, 7) is 8.96. The standard InChI is InChI=1S/C22H28N2O2/c1-14-17(23-20(26-14)15-8-6-5-7-9-15)13-19(25)24-18-12-16-10-11-22(18,4)21(16,2)3/h5-9,16,18H,10-13H2,1-4H3,(H,24,25). The molecule has 0 saturated heterocycles. The summed E-state index contributed by atoms with van der Waals surface area (Å²) in [7, 11) is 0. The Morgan fingerprint density at radius 2 is 2.00 bits per heavy atom. The molecule has 0 spiro atoms. The quantitative estimate of drug-likeness (QED) is 0.880. The van der Waals surface area contributed by atoms with Crippen LogP contribution in [0.25, 0.3) is 11.5 Å². The molecule has 1 amide bonds. The Labute approximate surface area is 155 Å². The van der Waals surface area contributed by atoms with Crippen LogP contribution in [0.5, 0.6) is 0 Å². The van der Waals surface area contributed by atoms with E-state index in [9.17, 15) is 4.79 Å². The number of rotatable bonds is 4. The molecule has 2 aromatic rings. The van der Waals surface area contributed by atoms with Crippen LogP contribution < -0.4 is 5.32 Å². The summed E-state index contributed by atoms with van der Waals surface area (Å²) >= 11 is 0. The van der Waals surface area contributed by atoms with Gasteiger partial charge in [0.1, 0.15) is 5.76 Å². The van der Waals surface area contributed by atoms with Crippen molar-refractivity contribution < 1.29 is 9.21 Å². The Morgan fingerprint density at radius 3 is 2.62 bits per heavy atom. The van der Waals surface area contributed by atoms with Gasteiger partial charge in [0.2, 0.25) is 11.8 Å². The zero-order valence-corrected chi connectivity index (χ0v) is 16.1. The van der Waals surface area contributed by atoms with Crippen LogP contribution in [-0.2, 0) is 11.2 Å². The van der Waals surface area contributed by atoms with E-state index in [1.807, 2.05) is 37.3 Å². The summed E-state index contributed by atoms with van der Waals surface area (Å²) < 4.78 is 5.78. The molecule has 138 valence electrons. The van der Waals surface area contributed by atoms with Crippen LogP contribution in [0.3, 0.4) is 0 Å². The number of aryl methyl sites for hydroxylation is 1. The highest BCUT2D eigenvalue weighted by atomic mass is 16.4. The van der Waals surface area contributed by atoms with E-state index in [1.165, 1.54) is 12.8 Å². The molecule has 0 aliphatic heterocycles. The number of carbonyl (C=O) groups excluding carboxylic acids is 1. The molecule has 2 aliphatic rings. The molecule has 1 heterocycles. The summed E-state index contributed by atoms with van der Waals surface area (Å²) in [6, 6.07) is 10.1. The van der Waals surface area contributed by atoms with Crippen molar-refractivity contribution in [2.45, 2.75) is 59.4 Å². The van der Waals surface area contributed by atoms with E-state index >= 15 is 0 Å². The first-order chi connectivity index (χ1) is 12.3. The number of oxazole rings is 1. The predicted molar refractivity (Wildman–Crippen MR) is 102 cm³/mol. The van der Waals surface area contributed by atoms with Gasteiger partial charge in [0.25, 0.3) is 0 Å². The second kappa shape index (κ2) is 5.97. The number of nitrogens with one attached hydrogen (secondary N) is 1. The van der Waals surface area contributed by atoms with E-state index in [2.05, 4.69) is 31.1 Å². The smallest absolute Gasteiger partial charge is 0.226 e. The van der Waals surface area contributed by atoms with Crippen LogP contribution in [0.4, 0.5) is 0 Å². The molecule has 3 atom stereocenters. The Balaban J connectivity index is 1.46. The van der Waals surface area contributed by atoms with Crippen molar-refractivity contribution in [2.24, 2.45) is 16.7 Å². The lowest BCUT2D eigenvalue weighted by Crippen LogP contribution is -2.47. The Bertz CT molecular complexity index is 824. The van der Waals surface area contributed by atoms with Gasteiger partial charge in [-0.15, -0.1) is 0 Å². The Hall–Kier alpha value is -2.10. The van der Waals surface area contributed by atoms with E-state index in [1.54, 1.807) is 0 Å². The van der Waals surface area contributed by atoms with E-state index < -0.39 is 0 Å². The van der Waals surface area contributed by atoms with Crippen LogP contribution in [0.2, 0.25) is 0 Å². The summed E-state index contributed by atoms with van der Waals surface area (Å²) in [5.41, 5.74) is 2.16. The maximum Gasteiger partial charge on any atom is 0.226 e. The number of hydrogen-bond donors (Lipinski definition) is 1. The zero-order chi connectivity index (χ0) is 18.5. The third-order valence-electron chi connectivity index (χ3n) is 7.37. The lowest BCUT2D eigenvalue weighted by Gasteiger charge is -2.39. The first-order valence-electron chi connectivity index (χ1n) is 9.62. The summed E-state index contributed by atoms with van der Waals surface area (Å²) in [4.78, 5) is 17.3. The largest absolute Gasteiger partial charge is 0.441 e.